The Morgan fingerprint density at radius 3 is 2.46 bits per heavy atom. The number of carbonyl (C=O) groups excluding carboxylic acids is 1. The lowest BCUT2D eigenvalue weighted by Crippen LogP contribution is -2.29. The number of aryl methyl sites for hydroxylation is 1. The van der Waals surface area contributed by atoms with Crippen molar-refractivity contribution in [3.63, 3.8) is 0 Å². The fourth-order valence-electron chi connectivity index (χ4n) is 4.19. The van der Waals surface area contributed by atoms with Gasteiger partial charge in [-0.1, -0.05) is 44.2 Å². The molecule has 0 bridgehead atoms. The summed E-state index contributed by atoms with van der Waals surface area (Å²) < 4.78 is 63.9. The molecule has 0 saturated heterocycles. The van der Waals surface area contributed by atoms with E-state index < -0.39 is 21.7 Å². The van der Waals surface area contributed by atoms with Crippen molar-refractivity contribution in [1.29, 1.82) is 0 Å². The Morgan fingerprint density at radius 2 is 1.86 bits per heavy atom. The number of halogens is 3. The number of anilines is 2. The van der Waals surface area contributed by atoms with Crippen molar-refractivity contribution >= 4 is 38.2 Å². The van der Waals surface area contributed by atoms with Gasteiger partial charge in [0.05, 0.1) is 40.2 Å². The van der Waals surface area contributed by atoms with E-state index in [1.54, 1.807) is 24.0 Å². The average Bonchev–Trinajstić information content (AvgIpc) is 3.35. The van der Waals surface area contributed by atoms with Gasteiger partial charge in [0.15, 0.2) is 15.0 Å². The van der Waals surface area contributed by atoms with Crippen molar-refractivity contribution in [2.75, 3.05) is 16.0 Å². The fraction of sp³-hybridized carbons (Fsp3) is 0.417. The number of carbonyl (C=O) groups is 1. The predicted molar refractivity (Wildman–Crippen MR) is 134 cm³/mol. The molecule has 0 radical (unpaired) electrons. The Hall–Kier alpha value is -3.06. The summed E-state index contributed by atoms with van der Waals surface area (Å²) in [6.07, 6.45) is -4.55. The lowest BCUT2D eigenvalue weighted by atomic mass is 10.0. The molecule has 1 unspecified atom stereocenters. The van der Waals surface area contributed by atoms with Crippen molar-refractivity contribution in [1.82, 2.24) is 15.0 Å². The van der Waals surface area contributed by atoms with Crippen molar-refractivity contribution in [3.8, 4) is 0 Å². The average molecular weight is 554 g/mol. The monoisotopic (exact) mass is 553 g/mol. The van der Waals surface area contributed by atoms with Gasteiger partial charge < -0.3 is 10.2 Å². The fourth-order valence-corrected chi connectivity index (χ4v) is 6.09. The summed E-state index contributed by atoms with van der Waals surface area (Å²) >= 11 is 1.26. The molecule has 0 spiro atoms. The normalized spacial score (nSPS) is 15.8. The van der Waals surface area contributed by atoms with Crippen LogP contribution in [0.5, 0.6) is 0 Å². The van der Waals surface area contributed by atoms with E-state index in [0.717, 1.165) is 10.9 Å². The number of aromatic nitrogens is 3. The van der Waals surface area contributed by atoms with Gasteiger partial charge in [-0.05, 0) is 36.6 Å². The molecular formula is C24H26F3N5O3S2. The topological polar surface area (TPSA) is 105 Å². The van der Waals surface area contributed by atoms with E-state index in [0.29, 0.717) is 16.4 Å². The Balaban J connectivity index is 1.50. The maximum atomic E-state index is 13.3. The van der Waals surface area contributed by atoms with Crippen molar-refractivity contribution in [2.45, 2.75) is 57.8 Å². The van der Waals surface area contributed by atoms with Gasteiger partial charge in [-0.25, -0.2) is 23.4 Å². The smallest absolute Gasteiger partial charge is 0.327 e. The first-order valence-electron chi connectivity index (χ1n) is 11.6. The maximum absolute atomic E-state index is 13.3. The minimum atomic E-state index is -4.58. The van der Waals surface area contributed by atoms with Gasteiger partial charge in [-0.3, -0.25) is 4.79 Å². The zero-order chi connectivity index (χ0) is 27.1. The van der Waals surface area contributed by atoms with Crippen LogP contribution < -0.4 is 10.2 Å². The van der Waals surface area contributed by atoms with E-state index in [-0.39, 0.29) is 53.1 Å². The number of nitrogens with zero attached hydrogens (tertiary/aromatic N) is 4. The predicted octanol–water partition coefficient (Wildman–Crippen LogP) is 4.95. The lowest BCUT2D eigenvalue weighted by Gasteiger charge is -2.28. The van der Waals surface area contributed by atoms with Crippen molar-refractivity contribution in [2.24, 2.45) is 5.92 Å². The molecule has 198 valence electrons. The van der Waals surface area contributed by atoms with Crippen LogP contribution in [-0.4, -0.2) is 35.0 Å². The van der Waals surface area contributed by atoms with Gasteiger partial charge in [0.25, 0.3) is 0 Å². The molecule has 3 heterocycles. The lowest BCUT2D eigenvalue weighted by molar-refractivity contribution is -0.141. The van der Waals surface area contributed by atoms with Crippen molar-refractivity contribution in [3.05, 3.63) is 57.9 Å². The number of nitrogens with one attached hydrogen (secondary N) is 1. The van der Waals surface area contributed by atoms with Crippen LogP contribution in [0.1, 0.15) is 54.3 Å². The summed E-state index contributed by atoms with van der Waals surface area (Å²) in [5.74, 6) is -0.331. The third kappa shape index (κ3) is 5.77. The van der Waals surface area contributed by atoms with Crippen LogP contribution in [0, 0.1) is 12.8 Å². The van der Waals surface area contributed by atoms with E-state index in [9.17, 15) is 26.4 Å². The third-order valence-corrected chi connectivity index (χ3v) is 8.67. The number of alkyl halides is 3. The summed E-state index contributed by atoms with van der Waals surface area (Å²) in [5.41, 5.74) is 0.563. The number of amides is 1. The highest BCUT2D eigenvalue weighted by molar-refractivity contribution is 7.91. The van der Waals surface area contributed by atoms with E-state index >= 15 is 0 Å². The molecule has 13 heteroatoms. The molecule has 8 nitrogen and oxygen atoms in total. The number of thiazole rings is 1. The highest BCUT2D eigenvalue weighted by Crippen LogP contribution is 2.44. The number of fused-ring (bicyclic) bond motifs is 1. The summed E-state index contributed by atoms with van der Waals surface area (Å²) in [6, 6.07) is 6.74. The van der Waals surface area contributed by atoms with Crippen LogP contribution in [0.4, 0.5) is 24.3 Å². The van der Waals surface area contributed by atoms with Crippen LogP contribution in [-0.2, 0) is 33.8 Å². The molecule has 0 fully saturated rings. The first-order valence-corrected chi connectivity index (χ1v) is 14.1. The summed E-state index contributed by atoms with van der Waals surface area (Å²) in [6.45, 7) is 7.22. The molecule has 1 aliphatic rings. The van der Waals surface area contributed by atoms with Gasteiger partial charge in [0, 0.05) is 5.69 Å². The summed E-state index contributed by atoms with van der Waals surface area (Å²) in [4.78, 5) is 28.0. The molecule has 3 aromatic rings. The molecule has 1 amide bonds. The molecule has 2 aromatic heterocycles. The second kappa shape index (κ2) is 10.0. The number of benzene rings is 1. The minimum Gasteiger partial charge on any atom is -0.327 e. The van der Waals surface area contributed by atoms with Gasteiger partial charge >= 0.3 is 6.18 Å². The summed E-state index contributed by atoms with van der Waals surface area (Å²) in [7, 11) is -3.32. The number of hydrogen-bond acceptors (Lipinski definition) is 8. The zero-order valence-corrected chi connectivity index (χ0v) is 22.3. The third-order valence-electron chi connectivity index (χ3n) is 5.95. The molecule has 1 aromatic carbocycles. The summed E-state index contributed by atoms with van der Waals surface area (Å²) in [5, 5.41) is 3.17. The molecule has 0 aliphatic carbocycles. The van der Waals surface area contributed by atoms with Gasteiger partial charge in [0.1, 0.15) is 5.69 Å². The van der Waals surface area contributed by atoms with Gasteiger partial charge in [0.2, 0.25) is 11.9 Å². The number of hydrogen-bond donors (Lipinski definition) is 1. The van der Waals surface area contributed by atoms with Crippen molar-refractivity contribution < 1.29 is 26.4 Å². The van der Waals surface area contributed by atoms with E-state index in [2.05, 4.69) is 20.3 Å². The highest BCUT2D eigenvalue weighted by Gasteiger charge is 2.40. The van der Waals surface area contributed by atoms with Crippen LogP contribution in [0.3, 0.4) is 0 Å². The maximum Gasteiger partial charge on any atom is 0.433 e. The number of sulfone groups is 1. The first kappa shape index (κ1) is 27.0. The van der Waals surface area contributed by atoms with Gasteiger partial charge in [-0.2, -0.15) is 13.2 Å². The Labute approximate surface area is 216 Å². The van der Waals surface area contributed by atoms with Crippen LogP contribution in [0.25, 0.3) is 0 Å². The second-order valence-corrected chi connectivity index (χ2v) is 12.5. The molecule has 1 atom stereocenters. The standard InChI is InChI=1S/C24H26F3N5O3S2/c1-5-37(34,35)16-8-6-15(7-9-16)11-19(33)30-23-31-20-17(36-23)12-32(21(20)13(2)3)22-28-14(4)10-18(29-22)24(25,26)27/h6-10,13,21H,5,11-12H2,1-4H3,(H,30,31,33). The van der Waals surface area contributed by atoms with Crippen LogP contribution in [0.2, 0.25) is 0 Å². The second-order valence-electron chi connectivity index (χ2n) is 9.11. The van der Waals surface area contributed by atoms with E-state index in [1.165, 1.54) is 30.4 Å². The largest absolute Gasteiger partial charge is 0.433 e. The molecule has 0 saturated carbocycles. The molecule has 37 heavy (non-hydrogen) atoms. The first-order chi connectivity index (χ1) is 17.3. The molecule has 1 aliphatic heterocycles. The SMILES string of the molecule is CCS(=O)(=O)c1ccc(CC(=O)Nc2nc3c(s2)CN(c2nc(C)cc(C(F)(F)F)n2)C3C(C)C)cc1. The zero-order valence-electron chi connectivity index (χ0n) is 20.6. The minimum absolute atomic E-state index is 0.00412. The van der Waals surface area contributed by atoms with E-state index in [4.69, 9.17) is 0 Å². The Bertz CT molecular complexity index is 1420. The van der Waals surface area contributed by atoms with E-state index in [1.807, 2.05) is 13.8 Å². The number of rotatable bonds is 7. The molecule has 1 N–H and O–H groups in total. The highest BCUT2D eigenvalue weighted by atomic mass is 32.2. The Morgan fingerprint density at radius 1 is 1.19 bits per heavy atom. The quantitative estimate of drug-likeness (QED) is 0.441. The van der Waals surface area contributed by atoms with Crippen LogP contribution >= 0.6 is 11.3 Å². The van der Waals surface area contributed by atoms with Gasteiger partial charge in [-0.15, -0.1) is 0 Å². The molecular weight excluding hydrogens is 527 g/mol. The van der Waals surface area contributed by atoms with Crippen LogP contribution in [0.15, 0.2) is 35.2 Å². The Kier molecular flexibility index (Phi) is 7.30. The molecule has 4 rings (SSSR count).